The summed E-state index contributed by atoms with van der Waals surface area (Å²) in [4.78, 5) is 14.7. The van der Waals surface area contributed by atoms with Gasteiger partial charge in [0.25, 0.3) is 0 Å². The molecule has 0 aliphatic heterocycles. The molecule has 0 aliphatic carbocycles. The Morgan fingerprint density at radius 3 is 2.22 bits per heavy atom. The Kier molecular flexibility index (Phi) is 7.46. The number of ketones is 1. The number of carbonyl (C=O) groups is 1. The summed E-state index contributed by atoms with van der Waals surface area (Å²) in [5.41, 5.74) is -0.330. The van der Waals surface area contributed by atoms with Crippen molar-refractivity contribution < 1.29 is 4.79 Å². The van der Waals surface area contributed by atoms with E-state index in [0.717, 1.165) is 25.7 Å². The van der Waals surface area contributed by atoms with Crippen molar-refractivity contribution in [1.82, 2.24) is 4.90 Å². The molecule has 0 saturated heterocycles. The lowest BCUT2D eigenvalue weighted by molar-refractivity contribution is -0.134. The fourth-order valence-electron chi connectivity index (χ4n) is 2.42. The van der Waals surface area contributed by atoms with E-state index in [2.05, 4.69) is 39.3 Å². The number of Topliss-reactive ketones (excluding diaryl/α,β-unsaturated/α-hetero) is 1. The predicted octanol–water partition coefficient (Wildman–Crippen LogP) is 4.06. The maximum absolute atomic E-state index is 12.5. The molecule has 2 heteroatoms. The van der Waals surface area contributed by atoms with Crippen LogP contribution in [0.25, 0.3) is 0 Å². The highest BCUT2D eigenvalue weighted by atomic mass is 16.1. The fourth-order valence-corrected chi connectivity index (χ4v) is 2.42. The Morgan fingerprint density at radius 1 is 1.28 bits per heavy atom. The van der Waals surface area contributed by atoms with Crippen molar-refractivity contribution in [3.63, 3.8) is 0 Å². The molecule has 0 saturated carbocycles. The summed E-state index contributed by atoms with van der Waals surface area (Å²) < 4.78 is 0. The summed E-state index contributed by atoms with van der Waals surface area (Å²) in [6, 6.07) is 0.386. The van der Waals surface area contributed by atoms with Gasteiger partial charge >= 0.3 is 0 Å². The highest BCUT2D eigenvalue weighted by Gasteiger charge is 2.38. The first-order valence-corrected chi connectivity index (χ1v) is 7.15. The van der Waals surface area contributed by atoms with Gasteiger partial charge < -0.3 is 0 Å². The SMILES string of the molecule is C=CCCCCC(C)(C(=O)C(C)C)N(C)C(C)C. The Labute approximate surface area is 113 Å². The lowest BCUT2D eigenvalue weighted by Crippen LogP contribution is -2.54. The topological polar surface area (TPSA) is 20.3 Å². The molecule has 0 radical (unpaired) electrons. The lowest BCUT2D eigenvalue weighted by atomic mass is 9.82. The van der Waals surface area contributed by atoms with Gasteiger partial charge in [0.1, 0.15) is 0 Å². The van der Waals surface area contributed by atoms with Crippen molar-refractivity contribution in [2.24, 2.45) is 5.92 Å². The Hall–Kier alpha value is -0.630. The average molecular weight is 253 g/mol. The van der Waals surface area contributed by atoms with Crippen LogP contribution in [0.2, 0.25) is 0 Å². The summed E-state index contributed by atoms with van der Waals surface area (Å²) in [6.07, 6.45) is 6.13. The number of hydrogen-bond donors (Lipinski definition) is 0. The zero-order chi connectivity index (χ0) is 14.3. The Bertz CT molecular complexity index is 270. The largest absolute Gasteiger partial charge is 0.297 e. The van der Waals surface area contributed by atoms with Crippen LogP contribution in [0.5, 0.6) is 0 Å². The number of rotatable bonds is 9. The molecule has 0 aromatic rings. The molecule has 18 heavy (non-hydrogen) atoms. The molecule has 0 rings (SSSR count). The van der Waals surface area contributed by atoms with E-state index in [4.69, 9.17) is 0 Å². The predicted molar refractivity (Wildman–Crippen MR) is 79.8 cm³/mol. The zero-order valence-electron chi connectivity index (χ0n) is 13.1. The summed E-state index contributed by atoms with van der Waals surface area (Å²) in [6.45, 7) is 14.1. The van der Waals surface area contributed by atoms with Crippen LogP contribution in [0.4, 0.5) is 0 Å². The molecular weight excluding hydrogens is 222 g/mol. The highest BCUT2D eigenvalue weighted by molar-refractivity contribution is 5.89. The van der Waals surface area contributed by atoms with Crippen molar-refractivity contribution in [3.8, 4) is 0 Å². The van der Waals surface area contributed by atoms with Crippen molar-refractivity contribution >= 4 is 5.78 Å². The van der Waals surface area contributed by atoms with Crippen LogP contribution in [0.1, 0.15) is 60.3 Å². The van der Waals surface area contributed by atoms with Crippen LogP contribution >= 0.6 is 0 Å². The van der Waals surface area contributed by atoms with E-state index in [9.17, 15) is 4.79 Å². The van der Waals surface area contributed by atoms with Crippen LogP contribution in [-0.4, -0.2) is 29.3 Å². The van der Waals surface area contributed by atoms with E-state index < -0.39 is 0 Å². The number of carbonyl (C=O) groups excluding carboxylic acids is 1. The van der Waals surface area contributed by atoms with Gasteiger partial charge in [0.15, 0.2) is 5.78 Å². The van der Waals surface area contributed by atoms with Gasteiger partial charge in [-0.05, 0) is 47.1 Å². The molecule has 106 valence electrons. The average Bonchev–Trinajstić information content (AvgIpc) is 2.32. The van der Waals surface area contributed by atoms with E-state index in [-0.39, 0.29) is 11.5 Å². The van der Waals surface area contributed by atoms with Gasteiger partial charge in [-0.1, -0.05) is 26.3 Å². The van der Waals surface area contributed by atoms with Gasteiger partial charge in [0.2, 0.25) is 0 Å². The third kappa shape index (κ3) is 4.56. The van der Waals surface area contributed by atoms with Crippen molar-refractivity contribution in [2.75, 3.05) is 7.05 Å². The number of allylic oxidation sites excluding steroid dienone is 1. The molecule has 1 atom stereocenters. The van der Waals surface area contributed by atoms with E-state index in [1.165, 1.54) is 0 Å². The highest BCUT2D eigenvalue weighted by Crippen LogP contribution is 2.27. The molecule has 0 spiro atoms. The third-order valence-corrected chi connectivity index (χ3v) is 3.93. The van der Waals surface area contributed by atoms with Crippen LogP contribution in [0.15, 0.2) is 12.7 Å². The second-order valence-corrected chi connectivity index (χ2v) is 6.03. The fraction of sp³-hybridized carbons (Fsp3) is 0.812. The zero-order valence-corrected chi connectivity index (χ0v) is 13.1. The molecule has 0 heterocycles. The monoisotopic (exact) mass is 253 g/mol. The molecule has 2 nitrogen and oxygen atoms in total. The van der Waals surface area contributed by atoms with Gasteiger partial charge in [-0.15, -0.1) is 6.58 Å². The molecule has 0 aliphatic rings. The smallest absolute Gasteiger partial charge is 0.155 e. The number of likely N-dealkylation sites (N-methyl/N-ethyl adjacent to an activating group) is 1. The van der Waals surface area contributed by atoms with Crippen LogP contribution in [-0.2, 0) is 4.79 Å². The summed E-state index contributed by atoms with van der Waals surface area (Å²) in [5.74, 6) is 0.452. The first-order valence-electron chi connectivity index (χ1n) is 7.15. The quantitative estimate of drug-likeness (QED) is 0.456. The van der Waals surface area contributed by atoms with Gasteiger partial charge in [0.05, 0.1) is 5.54 Å². The molecular formula is C16H31NO. The molecule has 0 amide bonds. The maximum Gasteiger partial charge on any atom is 0.155 e. The van der Waals surface area contributed by atoms with Crippen LogP contribution in [0.3, 0.4) is 0 Å². The molecule has 0 fully saturated rings. The van der Waals surface area contributed by atoms with Gasteiger partial charge in [-0.2, -0.15) is 0 Å². The third-order valence-electron chi connectivity index (χ3n) is 3.93. The minimum Gasteiger partial charge on any atom is -0.297 e. The van der Waals surface area contributed by atoms with E-state index >= 15 is 0 Å². The molecule has 1 unspecified atom stereocenters. The number of unbranched alkanes of at least 4 members (excludes halogenated alkanes) is 2. The summed E-state index contributed by atoms with van der Waals surface area (Å²) in [5, 5.41) is 0. The number of nitrogens with zero attached hydrogens (tertiary/aromatic N) is 1. The lowest BCUT2D eigenvalue weighted by Gasteiger charge is -2.41. The van der Waals surface area contributed by atoms with Gasteiger partial charge in [-0.3, -0.25) is 9.69 Å². The summed E-state index contributed by atoms with van der Waals surface area (Å²) in [7, 11) is 2.07. The minimum atomic E-state index is -0.330. The van der Waals surface area contributed by atoms with Crippen LogP contribution in [0, 0.1) is 5.92 Å². The van der Waals surface area contributed by atoms with Gasteiger partial charge in [-0.25, -0.2) is 0 Å². The minimum absolute atomic E-state index is 0.0932. The Morgan fingerprint density at radius 2 is 1.83 bits per heavy atom. The van der Waals surface area contributed by atoms with E-state index in [0.29, 0.717) is 11.8 Å². The van der Waals surface area contributed by atoms with Crippen LogP contribution < -0.4 is 0 Å². The molecule has 0 aromatic carbocycles. The first kappa shape index (κ1) is 17.4. The molecule has 0 N–H and O–H groups in total. The number of hydrogen-bond acceptors (Lipinski definition) is 2. The normalized spacial score (nSPS) is 15.2. The van der Waals surface area contributed by atoms with Crippen molar-refractivity contribution in [1.29, 1.82) is 0 Å². The Balaban J connectivity index is 4.80. The first-order chi connectivity index (χ1) is 8.27. The molecule has 0 bridgehead atoms. The molecule has 0 aromatic heterocycles. The van der Waals surface area contributed by atoms with E-state index in [1.54, 1.807) is 0 Å². The van der Waals surface area contributed by atoms with E-state index in [1.807, 2.05) is 19.9 Å². The van der Waals surface area contributed by atoms with Crippen molar-refractivity contribution in [2.45, 2.75) is 71.9 Å². The van der Waals surface area contributed by atoms with Gasteiger partial charge in [0, 0.05) is 12.0 Å². The maximum atomic E-state index is 12.5. The summed E-state index contributed by atoms with van der Waals surface area (Å²) >= 11 is 0. The standard InChI is InChI=1S/C16H31NO/c1-8-9-10-11-12-16(6,15(18)13(2)3)17(7)14(4)5/h8,13-14H,1,9-12H2,2-7H3. The van der Waals surface area contributed by atoms with Crippen molar-refractivity contribution in [3.05, 3.63) is 12.7 Å². The second-order valence-electron chi connectivity index (χ2n) is 6.03. The second kappa shape index (κ2) is 7.73.